The fourth-order valence-electron chi connectivity index (χ4n) is 2.15. The van der Waals surface area contributed by atoms with Crippen LogP contribution in [0.15, 0.2) is 42.5 Å². The molecule has 2 aromatic carbocycles. The third-order valence-corrected chi connectivity index (χ3v) is 2.92. The van der Waals surface area contributed by atoms with E-state index in [4.69, 9.17) is 5.73 Å². The third-order valence-electron chi connectivity index (χ3n) is 2.92. The van der Waals surface area contributed by atoms with Gasteiger partial charge in [0.1, 0.15) is 0 Å². The second-order valence-electron chi connectivity index (χ2n) is 3.90. The summed E-state index contributed by atoms with van der Waals surface area (Å²) in [4.78, 5) is 0. The van der Waals surface area contributed by atoms with Crippen molar-refractivity contribution in [1.29, 1.82) is 0 Å². The Balaban J connectivity index is 2.32. The summed E-state index contributed by atoms with van der Waals surface area (Å²) in [5.41, 5.74) is 10.3. The molecule has 16 heavy (non-hydrogen) atoms. The first-order valence-electron chi connectivity index (χ1n) is 5.20. The van der Waals surface area contributed by atoms with Crippen molar-refractivity contribution in [3.8, 4) is 11.1 Å². The molecule has 3 rings (SSSR count). The maximum Gasteiger partial charge on any atom is 0.447 e. The summed E-state index contributed by atoms with van der Waals surface area (Å²) < 4.78 is 0. The Kier molecular flexibility index (Phi) is 1.91. The fourth-order valence-corrected chi connectivity index (χ4v) is 2.15. The van der Waals surface area contributed by atoms with Gasteiger partial charge in [-0.3, -0.25) is 0 Å². The molecule has 0 unspecified atom stereocenters. The molecular weight excluding hydrogens is 199 g/mol. The van der Waals surface area contributed by atoms with Gasteiger partial charge in [0.2, 0.25) is 0 Å². The number of nitrogen functional groups attached to an aromatic ring is 1. The van der Waals surface area contributed by atoms with E-state index >= 15 is 0 Å². The lowest BCUT2D eigenvalue weighted by Gasteiger charge is -2.24. The second kappa shape index (κ2) is 3.28. The normalized spacial score (nSPS) is 12.7. The lowest BCUT2D eigenvalue weighted by atomic mass is 9.67. The predicted molar refractivity (Wildman–Crippen MR) is 67.5 cm³/mol. The van der Waals surface area contributed by atoms with Crippen LogP contribution >= 0.6 is 0 Å². The first-order valence-corrected chi connectivity index (χ1v) is 5.20. The number of benzene rings is 2. The summed E-state index contributed by atoms with van der Waals surface area (Å²) in [6.07, 6.45) is 0. The van der Waals surface area contributed by atoms with Crippen molar-refractivity contribution >= 4 is 23.9 Å². The Bertz CT molecular complexity index is 556. The van der Waals surface area contributed by atoms with E-state index < -0.39 is 7.05 Å². The first kappa shape index (κ1) is 9.30. The molecule has 0 saturated heterocycles. The van der Waals surface area contributed by atoms with Crippen LogP contribution in [0.2, 0.25) is 0 Å². The van der Waals surface area contributed by atoms with Crippen LogP contribution in [0.3, 0.4) is 0 Å². The molecule has 0 saturated carbocycles. The molecule has 2 aromatic rings. The minimum Gasteiger partial charge on any atom is -0.429 e. The summed E-state index contributed by atoms with van der Waals surface area (Å²) in [5.74, 6) is 0. The van der Waals surface area contributed by atoms with Gasteiger partial charge >= 0.3 is 7.05 Å². The van der Waals surface area contributed by atoms with Crippen LogP contribution in [0.25, 0.3) is 11.1 Å². The highest BCUT2D eigenvalue weighted by atomic mass is 16.2. The molecule has 78 valence electrons. The molecule has 1 aliphatic rings. The molecule has 3 nitrogen and oxygen atoms in total. The Labute approximate surface area is 94.0 Å². The minimum absolute atomic E-state index is 0.658. The van der Waals surface area contributed by atoms with Gasteiger partial charge in [-0.15, -0.1) is 0 Å². The minimum atomic E-state index is -0.687. The van der Waals surface area contributed by atoms with Gasteiger partial charge in [-0.05, 0) is 17.1 Å². The highest BCUT2D eigenvalue weighted by Gasteiger charge is 2.27. The quantitative estimate of drug-likeness (QED) is 0.450. The lowest BCUT2D eigenvalue weighted by molar-refractivity contribution is 0.593. The van der Waals surface area contributed by atoms with E-state index in [2.05, 4.69) is 5.23 Å². The van der Waals surface area contributed by atoms with Crippen LogP contribution in [0.1, 0.15) is 0 Å². The van der Waals surface area contributed by atoms with Crippen molar-refractivity contribution in [1.82, 2.24) is 0 Å². The summed E-state index contributed by atoms with van der Waals surface area (Å²) in [6.45, 7) is 0. The third kappa shape index (κ3) is 1.20. The topological polar surface area (TPSA) is 58.3 Å². The van der Waals surface area contributed by atoms with Crippen molar-refractivity contribution in [3.63, 3.8) is 0 Å². The monoisotopic (exact) mass is 210 g/mol. The van der Waals surface area contributed by atoms with E-state index in [-0.39, 0.29) is 0 Å². The van der Waals surface area contributed by atoms with Gasteiger partial charge in [-0.2, -0.15) is 0 Å². The zero-order chi connectivity index (χ0) is 11.1. The molecule has 0 amide bonds. The van der Waals surface area contributed by atoms with Crippen molar-refractivity contribution in [3.05, 3.63) is 42.5 Å². The SMILES string of the molecule is Nc1cccc2c1NB(O)c1ccccc1-2. The predicted octanol–water partition coefficient (Wildman–Crippen LogP) is 1.05. The number of hydrogen-bond acceptors (Lipinski definition) is 3. The molecule has 0 bridgehead atoms. The Morgan fingerprint density at radius 2 is 1.75 bits per heavy atom. The average Bonchev–Trinajstić information content (AvgIpc) is 2.31. The largest absolute Gasteiger partial charge is 0.447 e. The van der Waals surface area contributed by atoms with E-state index in [0.29, 0.717) is 5.69 Å². The van der Waals surface area contributed by atoms with Gasteiger partial charge < -0.3 is 16.0 Å². The van der Waals surface area contributed by atoms with E-state index in [1.54, 1.807) is 0 Å². The fraction of sp³-hybridized carbons (Fsp3) is 0. The van der Waals surface area contributed by atoms with Crippen molar-refractivity contribution in [2.45, 2.75) is 0 Å². The number of fused-ring (bicyclic) bond motifs is 3. The number of para-hydroxylation sites is 1. The van der Waals surface area contributed by atoms with Crippen LogP contribution in [0, 0.1) is 0 Å². The average molecular weight is 210 g/mol. The Hall–Kier alpha value is -1.94. The highest BCUT2D eigenvalue weighted by Crippen LogP contribution is 2.34. The molecule has 1 aliphatic heterocycles. The van der Waals surface area contributed by atoms with Gasteiger partial charge in [0, 0.05) is 5.56 Å². The number of anilines is 2. The van der Waals surface area contributed by atoms with Crippen LogP contribution < -0.4 is 16.4 Å². The molecule has 4 heteroatoms. The molecule has 4 N–H and O–H groups in total. The maximum atomic E-state index is 9.97. The summed E-state index contributed by atoms with van der Waals surface area (Å²) in [7, 11) is -0.687. The van der Waals surface area contributed by atoms with Gasteiger partial charge in [0.25, 0.3) is 0 Å². The second-order valence-corrected chi connectivity index (χ2v) is 3.90. The number of nitrogens with one attached hydrogen (secondary N) is 1. The molecule has 1 heterocycles. The van der Waals surface area contributed by atoms with Crippen LogP contribution in [0.4, 0.5) is 11.4 Å². The molecule has 0 aliphatic carbocycles. The van der Waals surface area contributed by atoms with Crippen molar-refractivity contribution in [2.24, 2.45) is 0 Å². The van der Waals surface area contributed by atoms with E-state index in [0.717, 1.165) is 22.3 Å². The van der Waals surface area contributed by atoms with Crippen LogP contribution in [-0.4, -0.2) is 12.1 Å². The van der Waals surface area contributed by atoms with Gasteiger partial charge in [0.15, 0.2) is 0 Å². The van der Waals surface area contributed by atoms with Crippen LogP contribution in [0.5, 0.6) is 0 Å². The van der Waals surface area contributed by atoms with Gasteiger partial charge in [0.05, 0.1) is 11.4 Å². The first-order chi connectivity index (χ1) is 7.77. The molecule has 0 atom stereocenters. The van der Waals surface area contributed by atoms with Gasteiger partial charge in [-0.25, -0.2) is 0 Å². The van der Waals surface area contributed by atoms with Gasteiger partial charge in [-0.1, -0.05) is 36.4 Å². The summed E-state index contributed by atoms with van der Waals surface area (Å²) in [6, 6.07) is 13.5. The number of hydrogen-bond donors (Lipinski definition) is 3. The zero-order valence-corrected chi connectivity index (χ0v) is 8.64. The molecular formula is C12H11BN2O. The Morgan fingerprint density at radius 1 is 1.00 bits per heavy atom. The Morgan fingerprint density at radius 3 is 2.62 bits per heavy atom. The molecule has 0 radical (unpaired) electrons. The zero-order valence-electron chi connectivity index (χ0n) is 8.64. The highest BCUT2D eigenvalue weighted by molar-refractivity contribution is 6.72. The lowest BCUT2D eigenvalue weighted by Crippen LogP contribution is -2.42. The van der Waals surface area contributed by atoms with E-state index in [1.807, 2.05) is 42.5 Å². The maximum absolute atomic E-state index is 9.97. The molecule has 0 fully saturated rings. The summed E-state index contributed by atoms with van der Waals surface area (Å²) >= 11 is 0. The van der Waals surface area contributed by atoms with E-state index in [1.165, 1.54) is 0 Å². The number of nitrogens with two attached hydrogens (primary N) is 1. The summed E-state index contributed by atoms with van der Waals surface area (Å²) in [5, 5.41) is 13.0. The van der Waals surface area contributed by atoms with Crippen molar-refractivity contribution < 1.29 is 5.02 Å². The van der Waals surface area contributed by atoms with Crippen molar-refractivity contribution in [2.75, 3.05) is 11.0 Å². The standard InChI is InChI=1S/C12H11BN2O/c14-11-7-3-5-9-8-4-1-2-6-10(8)13(16)15-12(9)11/h1-7,15-16H,14H2. The van der Waals surface area contributed by atoms with E-state index in [9.17, 15) is 5.02 Å². The smallest absolute Gasteiger partial charge is 0.429 e. The molecule has 0 aromatic heterocycles. The molecule has 0 spiro atoms. The number of rotatable bonds is 0. The van der Waals surface area contributed by atoms with Crippen LogP contribution in [-0.2, 0) is 0 Å².